The molecule has 0 aromatic rings. The molecule has 0 aromatic carbocycles. The topological polar surface area (TPSA) is 173 Å². The number of aliphatic carboxylic acids is 1. The van der Waals surface area contributed by atoms with Gasteiger partial charge in [-0.3, -0.25) is 18.6 Å². The van der Waals surface area contributed by atoms with E-state index in [2.05, 4.69) is 24.1 Å². The van der Waals surface area contributed by atoms with E-state index in [-0.39, 0.29) is 19.4 Å². The number of quaternary nitrogens is 1. The first-order chi connectivity index (χ1) is 16.1. The number of rotatable bonds is 22. The number of ether oxygens (including phenoxy) is 2. The SMILES string of the molecule is CCCCCCCC(=O)OC[C@H](COP(=O)(O)OC[C@H]([NH3+])C(=O)O)OC(=O)CCCCCCC. The molecule has 0 heterocycles. The molecule has 0 radical (unpaired) electrons. The fourth-order valence-corrected chi connectivity index (χ4v) is 3.63. The molecule has 200 valence electrons. The van der Waals surface area contributed by atoms with Gasteiger partial charge in [-0.2, -0.15) is 0 Å². The van der Waals surface area contributed by atoms with Crippen LogP contribution in [0, 0.1) is 0 Å². The first kappa shape index (κ1) is 32.5. The molecule has 0 aliphatic heterocycles. The number of esters is 2. The molecule has 34 heavy (non-hydrogen) atoms. The second-order valence-electron chi connectivity index (χ2n) is 8.22. The Morgan fingerprint density at radius 3 is 1.82 bits per heavy atom. The van der Waals surface area contributed by atoms with Crippen molar-refractivity contribution in [1.82, 2.24) is 0 Å². The molecule has 0 bridgehead atoms. The maximum absolute atomic E-state index is 12.2. The van der Waals surface area contributed by atoms with Gasteiger partial charge in [0.2, 0.25) is 6.04 Å². The summed E-state index contributed by atoms with van der Waals surface area (Å²) in [5.41, 5.74) is 3.27. The van der Waals surface area contributed by atoms with E-state index in [4.69, 9.17) is 19.1 Å². The zero-order valence-electron chi connectivity index (χ0n) is 20.6. The summed E-state index contributed by atoms with van der Waals surface area (Å²) in [6.07, 6.45) is 8.84. The summed E-state index contributed by atoms with van der Waals surface area (Å²) >= 11 is 0. The first-order valence-corrected chi connectivity index (χ1v) is 13.6. The lowest BCUT2D eigenvalue weighted by Crippen LogP contribution is -2.67. The highest BCUT2D eigenvalue weighted by molar-refractivity contribution is 7.47. The van der Waals surface area contributed by atoms with Crippen molar-refractivity contribution in [3.05, 3.63) is 0 Å². The van der Waals surface area contributed by atoms with Crippen molar-refractivity contribution in [2.75, 3.05) is 19.8 Å². The van der Waals surface area contributed by atoms with Gasteiger partial charge >= 0.3 is 25.7 Å². The number of carboxylic acids is 1. The molecule has 0 aliphatic carbocycles. The van der Waals surface area contributed by atoms with Crippen molar-refractivity contribution in [2.24, 2.45) is 0 Å². The number of hydrogen-bond acceptors (Lipinski definition) is 8. The quantitative estimate of drug-likeness (QED) is 0.111. The molecule has 11 nitrogen and oxygen atoms in total. The molecule has 0 spiro atoms. The van der Waals surface area contributed by atoms with E-state index in [9.17, 15) is 23.8 Å². The Morgan fingerprint density at radius 2 is 1.29 bits per heavy atom. The fourth-order valence-electron chi connectivity index (χ4n) is 2.83. The maximum atomic E-state index is 12.2. The summed E-state index contributed by atoms with van der Waals surface area (Å²) in [6, 6.07) is -1.26. The number of carboxylic acid groups (broad SMARTS) is 1. The third kappa shape index (κ3) is 18.9. The molecule has 0 fully saturated rings. The monoisotopic (exact) mass is 512 g/mol. The maximum Gasteiger partial charge on any atom is 0.472 e. The van der Waals surface area contributed by atoms with E-state index in [1.54, 1.807) is 0 Å². The van der Waals surface area contributed by atoms with Crippen molar-refractivity contribution < 1.29 is 53.2 Å². The van der Waals surface area contributed by atoms with E-state index in [1.165, 1.54) is 0 Å². The zero-order chi connectivity index (χ0) is 25.8. The van der Waals surface area contributed by atoms with Crippen LogP contribution in [0.25, 0.3) is 0 Å². The van der Waals surface area contributed by atoms with Gasteiger partial charge in [0.25, 0.3) is 0 Å². The standard InChI is InChI=1S/C22H42NO10P/c1-3-5-7-9-11-13-20(24)30-15-18(33-21(25)14-12-10-8-6-4-2)16-31-34(28,29)32-17-19(23)22(26)27/h18-19H,3-17,23H2,1-2H3,(H,26,27)(H,28,29)/p+1/t18-,19+/m1/s1. The van der Waals surface area contributed by atoms with Crippen LogP contribution in [0.3, 0.4) is 0 Å². The van der Waals surface area contributed by atoms with Gasteiger partial charge in [0, 0.05) is 12.8 Å². The Hall–Kier alpha value is -1.52. The smallest absolute Gasteiger partial charge is 0.472 e. The van der Waals surface area contributed by atoms with Gasteiger partial charge in [0.1, 0.15) is 13.2 Å². The Balaban J connectivity index is 4.67. The van der Waals surface area contributed by atoms with Gasteiger partial charge in [-0.1, -0.05) is 65.2 Å². The number of phosphoric ester groups is 1. The third-order valence-electron chi connectivity index (χ3n) is 4.91. The van der Waals surface area contributed by atoms with Gasteiger partial charge in [-0.15, -0.1) is 0 Å². The summed E-state index contributed by atoms with van der Waals surface area (Å²) in [5.74, 6) is -2.28. The van der Waals surface area contributed by atoms with Crippen molar-refractivity contribution in [3.63, 3.8) is 0 Å². The van der Waals surface area contributed by atoms with Crippen molar-refractivity contribution in [2.45, 2.75) is 103 Å². The van der Waals surface area contributed by atoms with Crippen LogP contribution in [0.15, 0.2) is 0 Å². The Morgan fingerprint density at radius 1 is 0.794 bits per heavy atom. The predicted molar refractivity (Wildman–Crippen MR) is 124 cm³/mol. The lowest BCUT2D eigenvalue weighted by molar-refractivity contribution is -0.411. The lowest BCUT2D eigenvalue weighted by Gasteiger charge is -2.20. The average Bonchev–Trinajstić information content (AvgIpc) is 2.79. The minimum Gasteiger partial charge on any atom is -0.477 e. The van der Waals surface area contributed by atoms with Crippen LogP contribution in [-0.4, -0.2) is 59.9 Å². The number of hydrogen-bond donors (Lipinski definition) is 3. The summed E-state index contributed by atoms with van der Waals surface area (Å²) < 4.78 is 31.9. The first-order valence-electron chi connectivity index (χ1n) is 12.1. The lowest BCUT2D eigenvalue weighted by atomic mass is 10.1. The molecular weight excluding hydrogens is 469 g/mol. The van der Waals surface area contributed by atoms with Crippen LogP contribution in [-0.2, 0) is 37.5 Å². The second kappa shape index (κ2) is 19.8. The highest BCUT2D eigenvalue weighted by atomic mass is 31.2. The van der Waals surface area contributed by atoms with Crippen LogP contribution >= 0.6 is 7.82 Å². The van der Waals surface area contributed by atoms with E-state index >= 15 is 0 Å². The van der Waals surface area contributed by atoms with Crippen LogP contribution in [0.1, 0.15) is 90.9 Å². The average molecular weight is 513 g/mol. The molecular formula is C22H43NO10P+. The summed E-state index contributed by atoms with van der Waals surface area (Å²) in [7, 11) is -4.63. The number of phosphoric acid groups is 1. The zero-order valence-corrected chi connectivity index (χ0v) is 21.5. The molecule has 0 aromatic heterocycles. The summed E-state index contributed by atoms with van der Waals surface area (Å²) in [6.45, 7) is 2.66. The minimum absolute atomic E-state index is 0.167. The van der Waals surface area contributed by atoms with Crippen molar-refractivity contribution in [3.8, 4) is 0 Å². The molecule has 12 heteroatoms. The number of carbonyl (C=O) groups is 3. The Bertz CT molecular complexity index is 631. The van der Waals surface area contributed by atoms with Crippen LogP contribution in [0.2, 0.25) is 0 Å². The van der Waals surface area contributed by atoms with Crippen molar-refractivity contribution in [1.29, 1.82) is 0 Å². The largest absolute Gasteiger partial charge is 0.477 e. The molecule has 1 unspecified atom stereocenters. The van der Waals surface area contributed by atoms with Gasteiger partial charge in [0.15, 0.2) is 6.10 Å². The highest BCUT2D eigenvalue weighted by Crippen LogP contribution is 2.43. The summed E-state index contributed by atoms with van der Waals surface area (Å²) in [5, 5.41) is 8.78. The van der Waals surface area contributed by atoms with E-state index < -0.39 is 51.1 Å². The second-order valence-corrected chi connectivity index (χ2v) is 9.67. The molecule has 5 N–H and O–H groups in total. The molecule has 3 atom stereocenters. The predicted octanol–water partition coefficient (Wildman–Crippen LogP) is 2.99. The van der Waals surface area contributed by atoms with E-state index in [1.807, 2.05) is 0 Å². The molecule has 0 amide bonds. The van der Waals surface area contributed by atoms with Crippen LogP contribution < -0.4 is 5.73 Å². The molecule has 0 rings (SSSR count). The normalized spacial score (nSPS) is 14.7. The number of carbonyl (C=O) groups excluding carboxylic acids is 2. The highest BCUT2D eigenvalue weighted by Gasteiger charge is 2.29. The van der Waals surface area contributed by atoms with Gasteiger partial charge < -0.3 is 25.2 Å². The minimum atomic E-state index is -4.63. The van der Waals surface area contributed by atoms with E-state index in [0.29, 0.717) is 12.8 Å². The molecule has 0 aliphatic rings. The van der Waals surface area contributed by atoms with Crippen LogP contribution in [0.4, 0.5) is 0 Å². The molecule has 0 saturated heterocycles. The van der Waals surface area contributed by atoms with Gasteiger partial charge in [-0.25, -0.2) is 9.36 Å². The van der Waals surface area contributed by atoms with Crippen LogP contribution in [0.5, 0.6) is 0 Å². The summed E-state index contributed by atoms with van der Waals surface area (Å²) in [4.78, 5) is 44.7. The van der Waals surface area contributed by atoms with Crippen molar-refractivity contribution >= 4 is 25.7 Å². The molecule has 0 saturated carbocycles. The van der Waals surface area contributed by atoms with Gasteiger partial charge in [-0.05, 0) is 12.8 Å². The Kier molecular flexibility index (Phi) is 18.9. The third-order valence-corrected chi connectivity index (χ3v) is 5.86. The van der Waals surface area contributed by atoms with Gasteiger partial charge in [0.05, 0.1) is 6.61 Å². The van der Waals surface area contributed by atoms with E-state index in [0.717, 1.165) is 51.4 Å². The fraction of sp³-hybridized carbons (Fsp3) is 0.864. The Labute approximate surface area is 202 Å². The number of unbranched alkanes of at least 4 members (excludes halogenated alkanes) is 8.